The van der Waals surface area contributed by atoms with Gasteiger partial charge in [-0.3, -0.25) is 0 Å². The van der Waals surface area contributed by atoms with Gasteiger partial charge in [-0.2, -0.15) is 0 Å². The molecule has 0 radical (unpaired) electrons. The van der Waals surface area contributed by atoms with Crippen LogP contribution in [-0.4, -0.2) is 32.0 Å². The van der Waals surface area contributed by atoms with Gasteiger partial charge in [-0.1, -0.05) is 18.0 Å². The fourth-order valence-corrected chi connectivity index (χ4v) is 9.97. The summed E-state index contributed by atoms with van der Waals surface area (Å²) in [5.41, 5.74) is 5.47. The van der Waals surface area contributed by atoms with Crippen LogP contribution in [0.25, 0.3) is 0 Å². The molecule has 3 nitrogen and oxygen atoms in total. The smallest absolute Gasteiger partial charge is 0.409 e. The van der Waals surface area contributed by atoms with E-state index in [9.17, 15) is 0 Å². The zero-order chi connectivity index (χ0) is 14.4. The zero-order valence-corrected chi connectivity index (χ0v) is 15.3. The molecule has 0 bridgehead atoms. The van der Waals surface area contributed by atoms with Gasteiger partial charge in [-0.15, -0.1) is 13.2 Å². The van der Waals surface area contributed by atoms with E-state index in [4.69, 9.17) is 12.7 Å². The highest BCUT2D eigenvalue weighted by Gasteiger charge is 2.46. The van der Waals surface area contributed by atoms with E-state index in [1.807, 2.05) is 18.3 Å². The lowest BCUT2D eigenvalue weighted by Gasteiger charge is -2.37. The molecule has 0 aromatic carbocycles. The summed E-state index contributed by atoms with van der Waals surface area (Å²) < 4.78 is 18.2. The van der Waals surface area contributed by atoms with Crippen molar-refractivity contribution in [1.82, 2.24) is 0 Å². The summed E-state index contributed by atoms with van der Waals surface area (Å²) in [6, 6.07) is 0. The minimum Gasteiger partial charge on any atom is -0.409 e. The van der Waals surface area contributed by atoms with Crippen LogP contribution in [0.15, 0.2) is 36.8 Å². The van der Waals surface area contributed by atoms with E-state index < -0.39 is 25.4 Å². The van der Waals surface area contributed by atoms with E-state index in [1.54, 1.807) is 5.70 Å². The van der Waals surface area contributed by atoms with Gasteiger partial charge in [0.1, 0.15) is 0 Å². The Morgan fingerprint density at radius 1 is 0.833 bits per heavy atom. The molecule has 0 unspecified atom stereocenters. The highest BCUT2D eigenvalue weighted by atomic mass is 28.5. The Kier molecular flexibility index (Phi) is 6.69. The normalized spacial score (nSPS) is 13.2. The molecule has 0 fully saturated rings. The third-order valence-corrected chi connectivity index (χ3v) is 12.0. The Labute approximate surface area is 115 Å². The molecular formula is C12H26O3Si3. The predicted octanol–water partition coefficient (Wildman–Crippen LogP) is 3.58. The monoisotopic (exact) mass is 302 g/mol. The van der Waals surface area contributed by atoms with Crippen LogP contribution in [-0.2, 0) is 12.7 Å². The lowest BCUT2D eigenvalue weighted by Crippen LogP contribution is -2.56. The van der Waals surface area contributed by atoms with Gasteiger partial charge in [0.05, 0.1) is 0 Å². The van der Waals surface area contributed by atoms with E-state index in [0.29, 0.717) is 6.61 Å². The Balaban J connectivity index is 5.22. The first kappa shape index (κ1) is 17.8. The number of rotatable bonds is 9. The molecule has 0 aromatic rings. The molecule has 0 N–H and O–H groups in total. The first-order chi connectivity index (χ1) is 8.16. The van der Waals surface area contributed by atoms with Crippen LogP contribution in [0, 0.1) is 0 Å². The molecule has 18 heavy (non-hydrogen) atoms. The van der Waals surface area contributed by atoms with Crippen molar-refractivity contribution in [3.63, 3.8) is 0 Å². The third-order valence-electron chi connectivity index (χ3n) is 2.39. The average Bonchev–Trinajstić information content (AvgIpc) is 2.28. The lowest BCUT2D eigenvalue weighted by atomic mass is 10.9. The Hall–Kier alpha value is -0.249. The topological polar surface area (TPSA) is 27.7 Å². The molecule has 0 heterocycles. The Morgan fingerprint density at radius 2 is 1.22 bits per heavy atom. The first-order valence-electron chi connectivity index (χ1n) is 6.11. The van der Waals surface area contributed by atoms with Crippen LogP contribution in [0.5, 0.6) is 0 Å². The fraction of sp³-hybridized carbons (Fsp3) is 0.500. The molecule has 104 valence electrons. The standard InChI is InChI=1S/C12H26O3Si3/c1-9-13-18(12-4,14-16(5,6)10-2)15-17(7,8)11-3/h10-12H,2-4,9H2,1,5-8H3. The number of hydrogen-bond acceptors (Lipinski definition) is 3. The molecule has 0 saturated heterocycles. The van der Waals surface area contributed by atoms with Gasteiger partial charge in [0.2, 0.25) is 16.6 Å². The maximum atomic E-state index is 6.19. The minimum atomic E-state index is -2.84. The highest BCUT2D eigenvalue weighted by molar-refractivity contribution is 6.91. The van der Waals surface area contributed by atoms with E-state index in [0.717, 1.165) is 0 Å². The van der Waals surface area contributed by atoms with Gasteiger partial charge >= 0.3 is 8.80 Å². The van der Waals surface area contributed by atoms with Gasteiger partial charge in [0.15, 0.2) is 0 Å². The largest absolute Gasteiger partial charge is 0.508 e. The molecule has 6 heteroatoms. The van der Waals surface area contributed by atoms with E-state index in [-0.39, 0.29) is 0 Å². The summed E-state index contributed by atoms with van der Waals surface area (Å²) in [6.07, 6.45) is 0. The molecular weight excluding hydrogens is 276 g/mol. The molecule has 0 aliphatic carbocycles. The molecule has 0 atom stereocenters. The second kappa shape index (κ2) is 6.78. The SMILES string of the molecule is C=C[Si](C)(C)O[Si](C=C)(OCC)O[Si](C)(C)C=C. The molecule has 0 amide bonds. The summed E-state index contributed by atoms with van der Waals surface area (Å²) in [4.78, 5) is 0. The van der Waals surface area contributed by atoms with Crippen LogP contribution < -0.4 is 0 Å². The van der Waals surface area contributed by atoms with Crippen molar-refractivity contribution in [3.05, 3.63) is 36.8 Å². The Bertz CT molecular complexity index is 292. The third kappa shape index (κ3) is 5.59. The van der Waals surface area contributed by atoms with Crippen molar-refractivity contribution in [2.75, 3.05) is 6.61 Å². The quantitative estimate of drug-likeness (QED) is 0.609. The predicted molar refractivity (Wildman–Crippen MR) is 85.1 cm³/mol. The van der Waals surface area contributed by atoms with E-state index in [1.165, 1.54) is 0 Å². The van der Waals surface area contributed by atoms with Crippen molar-refractivity contribution in [2.45, 2.75) is 33.1 Å². The van der Waals surface area contributed by atoms with E-state index in [2.05, 4.69) is 45.9 Å². The lowest BCUT2D eigenvalue weighted by molar-refractivity contribution is 0.185. The van der Waals surface area contributed by atoms with Crippen molar-refractivity contribution in [3.8, 4) is 0 Å². The second-order valence-electron chi connectivity index (χ2n) is 5.06. The van der Waals surface area contributed by atoms with Crippen LogP contribution in [0.4, 0.5) is 0 Å². The first-order valence-corrected chi connectivity index (χ1v) is 13.9. The van der Waals surface area contributed by atoms with Crippen LogP contribution in [0.2, 0.25) is 26.2 Å². The van der Waals surface area contributed by atoms with Gasteiger partial charge in [0.25, 0.3) is 0 Å². The van der Waals surface area contributed by atoms with Crippen molar-refractivity contribution >= 4 is 25.4 Å². The molecule has 0 saturated carbocycles. The van der Waals surface area contributed by atoms with Gasteiger partial charge in [-0.05, 0) is 38.8 Å². The minimum absolute atomic E-state index is 0.543. The van der Waals surface area contributed by atoms with Crippen molar-refractivity contribution in [2.24, 2.45) is 0 Å². The molecule has 0 aliphatic heterocycles. The number of hydrogen-bond donors (Lipinski definition) is 0. The van der Waals surface area contributed by atoms with Crippen LogP contribution >= 0.6 is 0 Å². The average molecular weight is 303 g/mol. The molecule has 0 rings (SSSR count). The van der Waals surface area contributed by atoms with E-state index >= 15 is 0 Å². The van der Waals surface area contributed by atoms with Gasteiger partial charge in [0, 0.05) is 6.61 Å². The summed E-state index contributed by atoms with van der Waals surface area (Å²) in [6.45, 7) is 22.3. The molecule has 0 aromatic heterocycles. The van der Waals surface area contributed by atoms with Gasteiger partial charge in [-0.25, -0.2) is 0 Å². The Morgan fingerprint density at radius 3 is 1.44 bits per heavy atom. The summed E-state index contributed by atoms with van der Waals surface area (Å²) in [5.74, 6) is 0. The summed E-state index contributed by atoms with van der Waals surface area (Å²) in [7, 11) is -6.82. The highest BCUT2D eigenvalue weighted by Crippen LogP contribution is 2.23. The maximum Gasteiger partial charge on any atom is 0.508 e. The fourth-order valence-electron chi connectivity index (χ4n) is 1.24. The van der Waals surface area contributed by atoms with Crippen LogP contribution in [0.3, 0.4) is 0 Å². The maximum absolute atomic E-state index is 6.19. The van der Waals surface area contributed by atoms with Crippen molar-refractivity contribution in [1.29, 1.82) is 0 Å². The van der Waals surface area contributed by atoms with Gasteiger partial charge < -0.3 is 12.7 Å². The van der Waals surface area contributed by atoms with Crippen LogP contribution in [0.1, 0.15) is 6.92 Å². The second-order valence-corrected chi connectivity index (χ2v) is 15.8. The molecule has 0 spiro atoms. The summed E-state index contributed by atoms with van der Waals surface area (Å²) in [5, 5.41) is 0. The molecule has 0 aliphatic rings. The summed E-state index contributed by atoms with van der Waals surface area (Å²) >= 11 is 0. The zero-order valence-electron chi connectivity index (χ0n) is 12.3. The van der Waals surface area contributed by atoms with Crippen molar-refractivity contribution < 1.29 is 12.7 Å².